The number of esters is 1. The lowest BCUT2D eigenvalue weighted by atomic mass is 10.2. The molecule has 0 fully saturated rings. The van der Waals surface area contributed by atoms with Crippen molar-refractivity contribution in [3.8, 4) is 5.75 Å². The van der Waals surface area contributed by atoms with E-state index >= 15 is 0 Å². The lowest BCUT2D eigenvalue weighted by Crippen LogP contribution is -2.19. The van der Waals surface area contributed by atoms with Crippen molar-refractivity contribution >= 4 is 29.0 Å². The van der Waals surface area contributed by atoms with E-state index in [0.717, 1.165) is 0 Å². The van der Waals surface area contributed by atoms with Crippen LogP contribution in [0.4, 0.5) is 10.7 Å². The van der Waals surface area contributed by atoms with E-state index in [9.17, 15) is 14.4 Å². The highest BCUT2D eigenvalue weighted by molar-refractivity contribution is 5.87. The van der Waals surface area contributed by atoms with Crippen LogP contribution in [-0.2, 0) is 16.0 Å². The van der Waals surface area contributed by atoms with E-state index in [-0.39, 0.29) is 23.7 Å². The molecule has 3 rings (SSSR count). The molecule has 0 atom stereocenters. The Morgan fingerprint density at radius 3 is 2.66 bits per heavy atom. The number of nitrogens with zero attached hydrogens (tertiary/aromatic N) is 4. The molecule has 12 heteroatoms. The number of hydrogen-bond acceptors (Lipinski definition) is 9. The average molecular weight is 402 g/mol. The Morgan fingerprint density at radius 2 is 2.00 bits per heavy atom. The van der Waals surface area contributed by atoms with Crippen LogP contribution in [0.1, 0.15) is 21.7 Å². The number of pyridine rings is 1. The summed E-state index contributed by atoms with van der Waals surface area (Å²) < 4.78 is 15.9. The molecule has 3 aromatic heterocycles. The molecule has 0 aliphatic rings. The molecule has 0 aliphatic heterocycles. The molecular formula is C17H18N6O6. The fourth-order valence-electron chi connectivity index (χ4n) is 2.71. The summed E-state index contributed by atoms with van der Waals surface area (Å²) in [6.07, 6.45) is 0.682. The molecule has 0 spiro atoms. The lowest BCUT2D eigenvalue weighted by Gasteiger charge is -2.10. The van der Waals surface area contributed by atoms with Gasteiger partial charge in [-0.05, 0) is 6.92 Å². The number of rotatable bonds is 5. The van der Waals surface area contributed by atoms with E-state index in [1.54, 1.807) is 6.92 Å². The zero-order valence-electron chi connectivity index (χ0n) is 16.1. The molecule has 29 heavy (non-hydrogen) atoms. The molecule has 3 heterocycles. The molecule has 152 valence electrons. The van der Waals surface area contributed by atoms with Gasteiger partial charge in [0.05, 0.1) is 33.6 Å². The van der Waals surface area contributed by atoms with E-state index in [1.165, 1.54) is 38.3 Å². The molecule has 1 amide bonds. The summed E-state index contributed by atoms with van der Waals surface area (Å²) in [5, 5.41) is 6.66. The van der Waals surface area contributed by atoms with Crippen molar-refractivity contribution in [1.29, 1.82) is 0 Å². The van der Waals surface area contributed by atoms with Crippen molar-refractivity contribution in [3.63, 3.8) is 0 Å². The first-order valence-electron chi connectivity index (χ1n) is 8.31. The number of nitrogens with one attached hydrogen (secondary N) is 2. The molecule has 0 aliphatic carbocycles. The van der Waals surface area contributed by atoms with Gasteiger partial charge in [-0.2, -0.15) is 5.10 Å². The molecule has 0 bridgehead atoms. The fourth-order valence-corrected chi connectivity index (χ4v) is 2.71. The van der Waals surface area contributed by atoms with Crippen molar-refractivity contribution in [3.05, 3.63) is 39.6 Å². The van der Waals surface area contributed by atoms with Crippen LogP contribution in [0.2, 0.25) is 0 Å². The number of fused-ring (bicyclic) bond motifs is 1. The van der Waals surface area contributed by atoms with E-state index in [4.69, 9.17) is 4.74 Å². The lowest BCUT2D eigenvalue weighted by molar-refractivity contribution is 0.0593. The Kier molecular flexibility index (Phi) is 5.43. The molecule has 0 saturated carbocycles. The van der Waals surface area contributed by atoms with Gasteiger partial charge in [0.2, 0.25) is 5.95 Å². The molecule has 0 aromatic carbocycles. The number of methoxy groups -OCH3 is 3. The van der Waals surface area contributed by atoms with Crippen molar-refractivity contribution in [1.82, 2.24) is 24.7 Å². The molecule has 0 saturated heterocycles. The number of aromatic nitrogens is 5. The van der Waals surface area contributed by atoms with Crippen LogP contribution in [0.3, 0.4) is 0 Å². The normalized spacial score (nSPS) is 10.6. The van der Waals surface area contributed by atoms with Gasteiger partial charge in [0.25, 0.3) is 5.56 Å². The smallest absolute Gasteiger partial charge is 0.413 e. The fraction of sp³-hybridized carbons (Fsp3) is 0.294. The molecule has 2 N–H and O–H groups in total. The van der Waals surface area contributed by atoms with Gasteiger partial charge in [-0.15, -0.1) is 0 Å². The van der Waals surface area contributed by atoms with Crippen LogP contribution in [0, 0.1) is 6.92 Å². The second kappa shape index (κ2) is 7.96. The molecule has 12 nitrogen and oxygen atoms in total. The first-order chi connectivity index (χ1) is 13.9. The van der Waals surface area contributed by atoms with E-state index in [0.29, 0.717) is 22.5 Å². The summed E-state index contributed by atoms with van der Waals surface area (Å²) in [4.78, 5) is 46.3. The summed E-state index contributed by atoms with van der Waals surface area (Å²) in [6, 6.07) is 1.45. The molecular weight excluding hydrogens is 384 g/mol. The summed E-state index contributed by atoms with van der Waals surface area (Å²) in [5.41, 5.74) is 1.18. The van der Waals surface area contributed by atoms with Gasteiger partial charge in [-0.1, -0.05) is 0 Å². The Bertz CT molecular complexity index is 1150. The van der Waals surface area contributed by atoms with Crippen LogP contribution >= 0.6 is 0 Å². The van der Waals surface area contributed by atoms with Gasteiger partial charge in [0.1, 0.15) is 11.3 Å². The number of aryl methyl sites for hydroxylation is 1. The second-order valence-corrected chi connectivity index (χ2v) is 5.84. The predicted molar refractivity (Wildman–Crippen MR) is 100 cm³/mol. The van der Waals surface area contributed by atoms with Crippen molar-refractivity contribution < 1.29 is 23.8 Å². The van der Waals surface area contributed by atoms with Crippen LogP contribution in [-0.4, -0.2) is 58.1 Å². The highest BCUT2D eigenvalue weighted by atomic mass is 16.5. The Balaban J connectivity index is 2.02. The van der Waals surface area contributed by atoms with Crippen LogP contribution in [0.25, 0.3) is 11.0 Å². The zero-order valence-corrected chi connectivity index (χ0v) is 16.1. The minimum absolute atomic E-state index is 0.0568. The second-order valence-electron chi connectivity index (χ2n) is 5.84. The molecule has 0 unspecified atom stereocenters. The first-order valence-corrected chi connectivity index (χ1v) is 8.31. The highest BCUT2D eigenvalue weighted by Crippen LogP contribution is 2.22. The van der Waals surface area contributed by atoms with Crippen molar-refractivity contribution in [2.24, 2.45) is 0 Å². The Morgan fingerprint density at radius 1 is 1.24 bits per heavy atom. The van der Waals surface area contributed by atoms with Gasteiger partial charge >= 0.3 is 12.1 Å². The van der Waals surface area contributed by atoms with Crippen LogP contribution < -0.4 is 15.6 Å². The van der Waals surface area contributed by atoms with Gasteiger partial charge in [-0.25, -0.2) is 19.6 Å². The van der Waals surface area contributed by atoms with Gasteiger partial charge in [0.15, 0.2) is 11.2 Å². The highest BCUT2D eigenvalue weighted by Gasteiger charge is 2.18. The van der Waals surface area contributed by atoms with Crippen LogP contribution in [0.5, 0.6) is 5.75 Å². The third kappa shape index (κ3) is 3.85. The summed E-state index contributed by atoms with van der Waals surface area (Å²) in [7, 11) is 3.90. The molecule has 0 radical (unpaired) electrons. The van der Waals surface area contributed by atoms with E-state index in [2.05, 4.69) is 34.8 Å². The number of amides is 1. The summed E-state index contributed by atoms with van der Waals surface area (Å²) in [5.74, 6) is -0.268. The largest absolute Gasteiger partial charge is 0.496 e. The molecule has 3 aromatic rings. The summed E-state index contributed by atoms with van der Waals surface area (Å²) >= 11 is 0. The maximum absolute atomic E-state index is 12.6. The minimum Gasteiger partial charge on any atom is -0.496 e. The SMILES string of the molecule is COC(=O)Nc1nc2c(C)nn(Cc3cnc(C(=O)OC)cc3OC)c2c(=O)[nH]1. The van der Waals surface area contributed by atoms with Crippen LogP contribution in [0.15, 0.2) is 17.1 Å². The standard InChI is InChI=1S/C17H18N6O6/c1-8-12-13(14(24)20-16(19-12)21-17(26)29-4)23(22-8)7-9-6-18-10(15(25)28-3)5-11(9)27-2/h5-6H,7H2,1-4H3,(H2,19,20,21,24,26). The number of anilines is 1. The van der Waals surface area contributed by atoms with Gasteiger partial charge in [0, 0.05) is 17.8 Å². The van der Waals surface area contributed by atoms with Gasteiger partial charge in [-0.3, -0.25) is 19.8 Å². The predicted octanol–water partition coefficient (Wildman–Crippen LogP) is 0.845. The van der Waals surface area contributed by atoms with Crippen molar-refractivity contribution in [2.75, 3.05) is 26.6 Å². The summed E-state index contributed by atoms with van der Waals surface area (Å²) in [6.45, 7) is 1.82. The number of H-pyrrole nitrogens is 1. The number of carbonyl (C=O) groups is 2. The number of ether oxygens (including phenoxy) is 3. The van der Waals surface area contributed by atoms with E-state index < -0.39 is 17.6 Å². The third-order valence-electron chi connectivity index (χ3n) is 4.05. The third-order valence-corrected chi connectivity index (χ3v) is 4.05. The Hall–Kier alpha value is -3.96. The maximum Gasteiger partial charge on any atom is 0.413 e. The number of aromatic amines is 1. The zero-order chi connectivity index (χ0) is 21.1. The van der Waals surface area contributed by atoms with Gasteiger partial charge < -0.3 is 14.2 Å². The topological polar surface area (TPSA) is 150 Å². The maximum atomic E-state index is 12.6. The number of hydrogen-bond donors (Lipinski definition) is 2. The first kappa shape index (κ1) is 19.8. The number of carbonyl (C=O) groups excluding carboxylic acids is 2. The Labute approximate surface area is 163 Å². The van der Waals surface area contributed by atoms with Crippen molar-refractivity contribution in [2.45, 2.75) is 13.5 Å². The monoisotopic (exact) mass is 402 g/mol. The average Bonchev–Trinajstić information content (AvgIpc) is 3.03. The minimum atomic E-state index is -0.765. The van der Waals surface area contributed by atoms with E-state index in [1.807, 2.05) is 0 Å². The quantitative estimate of drug-likeness (QED) is 0.592.